The number of rotatable bonds is 6. The highest BCUT2D eigenvalue weighted by molar-refractivity contribution is 5.69. The molecule has 1 aromatic rings. The van der Waals surface area contributed by atoms with E-state index in [9.17, 15) is 4.79 Å². The van der Waals surface area contributed by atoms with Crippen molar-refractivity contribution in [1.82, 2.24) is 9.97 Å². The summed E-state index contributed by atoms with van der Waals surface area (Å²) in [5.74, 6) is 0.809. The van der Waals surface area contributed by atoms with Crippen molar-refractivity contribution in [2.24, 2.45) is 0 Å². The summed E-state index contributed by atoms with van der Waals surface area (Å²) in [5.41, 5.74) is 0. The van der Waals surface area contributed by atoms with Crippen molar-refractivity contribution in [3.8, 4) is 0 Å². The van der Waals surface area contributed by atoms with Gasteiger partial charge in [0.1, 0.15) is 12.0 Å². The highest BCUT2D eigenvalue weighted by Gasteiger charge is 2.04. The van der Waals surface area contributed by atoms with Crippen LogP contribution in [0.25, 0.3) is 0 Å². The average molecular weight is 209 g/mol. The molecular weight excluding hydrogens is 192 g/mol. The van der Waals surface area contributed by atoms with Crippen LogP contribution in [0.5, 0.6) is 0 Å². The predicted molar refractivity (Wildman–Crippen MR) is 56.2 cm³/mol. The molecule has 15 heavy (non-hydrogen) atoms. The topological polar surface area (TPSA) is 55.0 Å². The van der Waals surface area contributed by atoms with Crippen molar-refractivity contribution >= 4 is 5.97 Å². The molecule has 83 valence electrons. The number of hydrogen-bond donors (Lipinski definition) is 1. The molecule has 1 rings (SSSR count). The first-order valence-corrected chi connectivity index (χ1v) is 5.28. The van der Waals surface area contributed by atoms with E-state index in [2.05, 4.69) is 16.2 Å². The number of ether oxygens (including phenoxy) is 1. The molecule has 0 fully saturated rings. The largest absolute Gasteiger partial charge is 0.463 e. The Morgan fingerprint density at radius 3 is 3.00 bits per heavy atom. The number of carbonyl (C=O) groups is 1. The van der Waals surface area contributed by atoms with Crippen LogP contribution >= 0.6 is 0 Å². The van der Waals surface area contributed by atoms with E-state index in [-0.39, 0.29) is 12.1 Å². The lowest BCUT2D eigenvalue weighted by Gasteiger charge is -2.06. The number of H-pyrrole nitrogens is 1. The van der Waals surface area contributed by atoms with Gasteiger partial charge in [-0.15, -0.1) is 0 Å². The lowest BCUT2D eigenvalue weighted by atomic mass is 10.2. The van der Waals surface area contributed by atoms with Crippen molar-refractivity contribution < 1.29 is 9.53 Å². The van der Waals surface area contributed by atoms with Crippen LogP contribution in [0.3, 0.4) is 0 Å². The molecule has 1 radical (unpaired) electrons. The zero-order valence-corrected chi connectivity index (χ0v) is 9.25. The molecule has 0 aliphatic carbocycles. The van der Waals surface area contributed by atoms with Crippen LogP contribution < -0.4 is 0 Å². The number of nitrogens with one attached hydrogen (secondary N) is 1. The third kappa shape index (κ3) is 5.20. The van der Waals surface area contributed by atoms with Crippen molar-refractivity contribution in [2.45, 2.75) is 45.6 Å². The molecule has 0 bridgehead atoms. The van der Waals surface area contributed by atoms with Crippen LogP contribution in [-0.2, 0) is 16.0 Å². The van der Waals surface area contributed by atoms with Gasteiger partial charge in [0.25, 0.3) is 0 Å². The van der Waals surface area contributed by atoms with Gasteiger partial charge in [-0.05, 0) is 26.7 Å². The minimum atomic E-state index is -0.115. The molecule has 1 aromatic heterocycles. The van der Waals surface area contributed by atoms with Gasteiger partial charge in [0.2, 0.25) is 0 Å². The number of aromatic nitrogens is 2. The minimum absolute atomic E-state index is 0.0165. The monoisotopic (exact) mass is 209 g/mol. The molecule has 4 nitrogen and oxygen atoms in total. The summed E-state index contributed by atoms with van der Waals surface area (Å²) in [5, 5.41) is 0. The number of aryl methyl sites for hydroxylation is 1. The molecule has 0 unspecified atom stereocenters. The first-order valence-electron chi connectivity index (χ1n) is 5.28. The summed E-state index contributed by atoms with van der Waals surface area (Å²) in [6.07, 6.45) is 7.50. The molecule has 0 saturated carbocycles. The molecule has 4 heteroatoms. The fourth-order valence-corrected chi connectivity index (χ4v) is 1.27. The quantitative estimate of drug-likeness (QED) is 0.575. The van der Waals surface area contributed by atoms with Crippen molar-refractivity contribution in [2.75, 3.05) is 0 Å². The minimum Gasteiger partial charge on any atom is -0.463 e. The summed E-state index contributed by atoms with van der Waals surface area (Å²) in [6, 6.07) is 0. The Bertz CT molecular complexity index is 281. The fourth-order valence-electron chi connectivity index (χ4n) is 1.27. The number of unbranched alkanes of at least 4 members (excludes halogenated alkanes) is 1. The van der Waals surface area contributed by atoms with E-state index in [1.54, 1.807) is 6.20 Å². The summed E-state index contributed by atoms with van der Waals surface area (Å²) in [7, 11) is 0. The van der Waals surface area contributed by atoms with E-state index in [1.807, 2.05) is 13.8 Å². The van der Waals surface area contributed by atoms with Crippen LogP contribution in [0.2, 0.25) is 0 Å². The van der Waals surface area contributed by atoms with Crippen LogP contribution in [-0.4, -0.2) is 22.0 Å². The Morgan fingerprint density at radius 1 is 1.60 bits per heavy atom. The highest BCUT2D eigenvalue weighted by atomic mass is 16.5. The maximum absolute atomic E-state index is 11.2. The average Bonchev–Trinajstić information content (AvgIpc) is 2.63. The van der Waals surface area contributed by atoms with Crippen molar-refractivity contribution in [3.63, 3.8) is 0 Å². The third-order valence-corrected chi connectivity index (χ3v) is 1.91. The number of aromatic amines is 1. The normalized spacial score (nSPS) is 10.6. The fraction of sp³-hybridized carbons (Fsp3) is 0.636. The second kappa shape index (κ2) is 6.22. The Hall–Kier alpha value is -1.32. The second-order valence-electron chi connectivity index (χ2n) is 3.72. The molecule has 0 atom stereocenters. The number of esters is 1. The number of carbonyl (C=O) groups excluding carboxylic acids is 1. The SMILES string of the molecule is CC(C)OC(=O)CCCCc1n[c]c[nH]1. The molecular formula is C11H17N2O2. The molecule has 0 aliphatic rings. The Balaban J connectivity index is 2.04. The van der Waals surface area contributed by atoms with Gasteiger partial charge < -0.3 is 9.72 Å². The standard InChI is InChI=1S/C11H17N2O2/c1-9(2)15-11(14)6-4-3-5-10-12-7-8-13-10/h7,9H,3-6H2,1-2H3,(H,12,13). The van der Waals surface area contributed by atoms with Gasteiger partial charge in [-0.1, -0.05) is 0 Å². The van der Waals surface area contributed by atoms with E-state index in [1.165, 1.54) is 0 Å². The van der Waals surface area contributed by atoms with Gasteiger partial charge in [-0.3, -0.25) is 4.79 Å². The maximum atomic E-state index is 11.2. The van der Waals surface area contributed by atoms with Gasteiger partial charge in [0.05, 0.1) is 6.10 Å². The summed E-state index contributed by atoms with van der Waals surface area (Å²) < 4.78 is 5.02. The van der Waals surface area contributed by atoms with E-state index >= 15 is 0 Å². The number of nitrogens with zero attached hydrogens (tertiary/aromatic N) is 1. The Morgan fingerprint density at radius 2 is 2.40 bits per heavy atom. The molecule has 0 aliphatic heterocycles. The van der Waals surface area contributed by atoms with Gasteiger partial charge in [-0.2, -0.15) is 0 Å². The van der Waals surface area contributed by atoms with Crippen molar-refractivity contribution in [1.29, 1.82) is 0 Å². The van der Waals surface area contributed by atoms with Crippen LogP contribution in [0.15, 0.2) is 6.20 Å². The predicted octanol–water partition coefficient (Wildman–Crippen LogP) is 1.87. The lowest BCUT2D eigenvalue weighted by Crippen LogP contribution is -2.10. The lowest BCUT2D eigenvalue weighted by molar-refractivity contribution is -0.147. The first-order chi connectivity index (χ1) is 7.18. The van der Waals surface area contributed by atoms with Crippen LogP contribution in [0, 0.1) is 6.20 Å². The van der Waals surface area contributed by atoms with Gasteiger partial charge in [0.15, 0.2) is 0 Å². The molecule has 0 spiro atoms. The zero-order chi connectivity index (χ0) is 11.1. The first kappa shape index (κ1) is 11.8. The van der Waals surface area contributed by atoms with Gasteiger partial charge in [0, 0.05) is 19.0 Å². The molecule has 0 amide bonds. The summed E-state index contributed by atoms with van der Waals surface area (Å²) in [6.45, 7) is 3.72. The summed E-state index contributed by atoms with van der Waals surface area (Å²) in [4.78, 5) is 18.1. The Labute approximate surface area is 90.1 Å². The van der Waals surface area contributed by atoms with Crippen LogP contribution in [0.4, 0.5) is 0 Å². The maximum Gasteiger partial charge on any atom is 0.306 e. The zero-order valence-electron chi connectivity index (χ0n) is 9.25. The molecule has 0 saturated heterocycles. The number of hydrogen-bond acceptors (Lipinski definition) is 3. The molecule has 1 heterocycles. The molecule has 0 aromatic carbocycles. The van der Waals surface area contributed by atoms with Gasteiger partial charge in [-0.25, -0.2) is 4.98 Å². The Kier molecular flexibility index (Phi) is 4.87. The third-order valence-electron chi connectivity index (χ3n) is 1.91. The number of imidazole rings is 1. The highest BCUT2D eigenvalue weighted by Crippen LogP contribution is 2.03. The van der Waals surface area contributed by atoms with Crippen LogP contribution in [0.1, 0.15) is 38.9 Å². The van der Waals surface area contributed by atoms with E-state index < -0.39 is 0 Å². The van der Waals surface area contributed by atoms with E-state index in [0.717, 1.165) is 25.1 Å². The summed E-state index contributed by atoms with van der Waals surface area (Å²) >= 11 is 0. The van der Waals surface area contributed by atoms with Gasteiger partial charge >= 0.3 is 5.97 Å². The second-order valence-corrected chi connectivity index (χ2v) is 3.72. The smallest absolute Gasteiger partial charge is 0.306 e. The van der Waals surface area contributed by atoms with E-state index in [4.69, 9.17) is 4.74 Å². The van der Waals surface area contributed by atoms with E-state index in [0.29, 0.717) is 6.42 Å². The molecule has 1 N–H and O–H groups in total. The van der Waals surface area contributed by atoms with Crippen molar-refractivity contribution in [3.05, 3.63) is 18.2 Å².